The van der Waals surface area contributed by atoms with Crippen molar-refractivity contribution in [3.63, 3.8) is 0 Å². The summed E-state index contributed by atoms with van der Waals surface area (Å²) in [4.78, 5) is 9.90. The van der Waals surface area contributed by atoms with Crippen molar-refractivity contribution >= 4 is 0 Å². The summed E-state index contributed by atoms with van der Waals surface area (Å²) in [7, 11) is 0. The Kier molecular flexibility index (Phi) is 15.9. The second-order valence-electron chi connectivity index (χ2n) is 6.78. The van der Waals surface area contributed by atoms with Crippen LogP contribution in [0, 0.1) is 4.91 Å². The molecule has 0 aliphatic heterocycles. The Bertz CT molecular complexity index is 467. The van der Waals surface area contributed by atoms with Crippen LogP contribution in [0.3, 0.4) is 0 Å². The van der Waals surface area contributed by atoms with E-state index >= 15 is 0 Å². The maximum atomic E-state index is 9.90. The molecular weight excluding hydrogens is 342 g/mol. The Morgan fingerprint density at radius 3 is 1.96 bits per heavy atom. The molecule has 1 aromatic rings. The van der Waals surface area contributed by atoms with Crippen LogP contribution in [0.5, 0.6) is 0 Å². The molecule has 0 bridgehead atoms. The number of unbranched alkanes of at least 4 members (excludes halogenated alkanes) is 3. The van der Waals surface area contributed by atoms with Crippen molar-refractivity contribution in [1.82, 2.24) is 0 Å². The van der Waals surface area contributed by atoms with Crippen LogP contribution < -0.4 is 0 Å². The van der Waals surface area contributed by atoms with E-state index in [4.69, 9.17) is 14.2 Å². The van der Waals surface area contributed by atoms with Crippen LogP contribution in [0.2, 0.25) is 0 Å². The highest BCUT2D eigenvalue weighted by molar-refractivity contribution is 5.23. The van der Waals surface area contributed by atoms with Gasteiger partial charge in [-0.3, -0.25) is 0 Å². The van der Waals surface area contributed by atoms with Gasteiger partial charge in [0.25, 0.3) is 0 Å². The van der Waals surface area contributed by atoms with Gasteiger partial charge in [-0.2, -0.15) is 4.91 Å². The number of hydrogen-bond acceptors (Lipinski definition) is 5. The SMILES string of the molecule is CCCCCCOCCCc1cccc(CCCOCCOCCN=O)c1. The summed E-state index contributed by atoms with van der Waals surface area (Å²) < 4.78 is 16.5. The summed E-state index contributed by atoms with van der Waals surface area (Å²) >= 11 is 0. The number of benzene rings is 1. The minimum atomic E-state index is 0.210. The summed E-state index contributed by atoms with van der Waals surface area (Å²) in [5.41, 5.74) is 2.75. The highest BCUT2D eigenvalue weighted by Crippen LogP contribution is 2.10. The zero-order valence-corrected chi connectivity index (χ0v) is 17.0. The molecule has 27 heavy (non-hydrogen) atoms. The smallest absolute Gasteiger partial charge is 0.104 e. The Hall–Kier alpha value is -1.30. The highest BCUT2D eigenvalue weighted by Gasteiger charge is 1.99. The second-order valence-corrected chi connectivity index (χ2v) is 6.78. The van der Waals surface area contributed by atoms with Crippen LogP contribution in [0.4, 0.5) is 0 Å². The molecular formula is C22H37NO4. The third-order valence-electron chi connectivity index (χ3n) is 4.34. The number of nitrogens with zero attached hydrogens (tertiary/aromatic N) is 1. The summed E-state index contributed by atoms with van der Waals surface area (Å²) in [6.07, 6.45) is 9.25. The average Bonchev–Trinajstić information content (AvgIpc) is 2.69. The largest absolute Gasteiger partial charge is 0.381 e. The number of ether oxygens (including phenoxy) is 3. The third kappa shape index (κ3) is 14.4. The molecule has 1 aromatic carbocycles. The molecule has 5 nitrogen and oxygen atoms in total. The van der Waals surface area contributed by atoms with E-state index in [0.717, 1.165) is 45.5 Å². The first-order valence-electron chi connectivity index (χ1n) is 10.5. The third-order valence-corrected chi connectivity index (χ3v) is 4.34. The molecule has 0 unspecified atom stereocenters. The first-order valence-corrected chi connectivity index (χ1v) is 10.5. The van der Waals surface area contributed by atoms with E-state index in [9.17, 15) is 4.91 Å². The molecule has 0 amide bonds. The molecule has 0 aromatic heterocycles. The quantitative estimate of drug-likeness (QED) is 0.252. The highest BCUT2D eigenvalue weighted by atomic mass is 16.5. The molecule has 0 aliphatic carbocycles. The van der Waals surface area contributed by atoms with E-state index < -0.39 is 0 Å². The molecule has 0 atom stereocenters. The van der Waals surface area contributed by atoms with Crippen molar-refractivity contribution in [3.8, 4) is 0 Å². The lowest BCUT2D eigenvalue weighted by atomic mass is 10.0. The van der Waals surface area contributed by atoms with Gasteiger partial charge in [0.15, 0.2) is 0 Å². The van der Waals surface area contributed by atoms with E-state index in [-0.39, 0.29) is 6.54 Å². The minimum absolute atomic E-state index is 0.210. The van der Waals surface area contributed by atoms with Crippen LogP contribution >= 0.6 is 0 Å². The van der Waals surface area contributed by atoms with Crippen LogP contribution in [0.25, 0.3) is 0 Å². The number of rotatable bonds is 19. The Balaban J connectivity index is 2.02. The lowest BCUT2D eigenvalue weighted by molar-refractivity contribution is 0.0499. The van der Waals surface area contributed by atoms with Gasteiger partial charge in [0.2, 0.25) is 0 Å². The van der Waals surface area contributed by atoms with Crippen molar-refractivity contribution in [2.45, 2.75) is 58.3 Å². The second kappa shape index (κ2) is 18.1. The van der Waals surface area contributed by atoms with Gasteiger partial charge in [0, 0.05) is 19.8 Å². The van der Waals surface area contributed by atoms with E-state index in [1.807, 2.05) is 0 Å². The summed E-state index contributed by atoms with van der Waals surface area (Å²) in [6, 6.07) is 8.83. The van der Waals surface area contributed by atoms with Gasteiger partial charge >= 0.3 is 0 Å². The Labute approximate surface area is 164 Å². The predicted octanol–water partition coefficient (Wildman–Crippen LogP) is 4.95. The summed E-state index contributed by atoms with van der Waals surface area (Å²) in [5.74, 6) is 0. The van der Waals surface area contributed by atoms with E-state index in [2.05, 4.69) is 36.4 Å². The predicted molar refractivity (Wildman–Crippen MR) is 110 cm³/mol. The van der Waals surface area contributed by atoms with Crippen molar-refractivity contribution in [2.24, 2.45) is 5.18 Å². The fourth-order valence-corrected chi connectivity index (χ4v) is 2.85. The summed E-state index contributed by atoms with van der Waals surface area (Å²) in [5, 5.41) is 2.74. The first-order chi connectivity index (χ1) is 13.4. The molecule has 0 heterocycles. The Morgan fingerprint density at radius 2 is 1.33 bits per heavy atom. The molecule has 5 heteroatoms. The van der Waals surface area contributed by atoms with Crippen LogP contribution in [0.1, 0.15) is 56.6 Å². The maximum Gasteiger partial charge on any atom is 0.104 e. The fourth-order valence-electron chi connectivity index (χ4n) is 2.85. The topological polar surface area (TPSA) is 57.1 Å². The van der Waals surface area contributed by atoms with Gasteiger partial charge in [-0.25, -0.2) is 0 Å². The van der Waals surface area contributed by atoms with Crippen molar-refractivity contribution in [2.75, 3.05) is 46.2 Å². The molecule has 0 N–H and O–H groups in total. The average molecular weight is 380 g/mol. The molecule has 0 saturated heterocycles. The minimum Gasteiger partial charge on any atom is -0.381 e. The van der Waals surface area contributed by atoms with Crippen molar-refractivity contribution < 1.29 is 14.2 Å². The van der Waals surface area contributed by atoms with Crippen LogP contribution in [0.15, 0.2) is 29.4 Å². The number of nitroso groups, excluding NO2 is 1. The number of aryl methyl sites for hydroxylation is 2. The van der Waals surface area contributed by atoms with E-state index in [1.165, 1.54) is 36.8 Å². The first kappa shape index (κ1) is 23.7. The molecule has 1 rings (SSSR count). The normalized spacial score (nSPS) is 11.0. The van der Waals surface area contributed by atoms with Crippen molar-refractivity contribution in [1.29, 1.82) is 0 Å². The van der Waals surface area contributed by atoms with E-state index in [1.54, 1.807) is 0 Å². The monoisotopic (exact) mass is 379 g/mol. The standard InChI is InChI=1S/C22H37NO4/c1-2-3-4-5-14-25-15-7-11-21-9-6-10-22(20-21)12-8-16-26-18-19-27-17-13-23-24/h6,9-10,20H,2-5,7-8,11-19H2,1H3. The summed E-state index contributed by atoms with van der Waals surface area (Å²) in [6.45, 7) is 6.39. The molecule has 0 radical (unpaired) electrons. The van der Waals surface area contributed by atoms with Gasteiger partial charge in [-0.1, -0.05) is 55.6 Å². The van der Waals surface area contributed by atoms with Crippen LogP contribution in [-0.4, -0.2) is 46.2 Å². The maximum absolute atomic E-state index is 9.90. The fraction of sp³-hybridized carbons (Fsp3) is 0.727. The van der Waals surface area contributed by atoms with Crippen molar-refractivity contribution in [3.05, 3.63) is 40.3 Å². The zero-order valence-electron chi connectivity index (χ0n) is 17.0. The van der Waals surface area contributed by atoms with E-state index in [0.29, 0.717) is 19.8 Å². The van der Waals surface area contributed by atoms with Gasteiger partial charge in [0.05, 0.1) is 19.8 Å². The van der Waals surface area contributed by atoms with Crippen LogP contribution in [-0.2, 0) is 27.1 Å². The molecule has 0 saturated carbocycles. The Morgan fingerprint density at radius 1 is 0.741 bits per heavy atom. The molecule has 0 aliphatic rings. The lowest BCUT2D eigenvalue weighted by Crippen LogP contribution is -2.07. The van der Waals surface area contributed by atoms with Gasteiger partial charge < -0.3 is 14.2 Å². The lowest BCUT2D eigenvalue weighted by Gasteiger charge is -2.07. The number of hydrogen-bond donors (Lipinski definition) is 0. The zero-order chi connectivity index (χ0) is 19.4. The van der Waals surface area contributed by atoms with Gasteiger partial charge in [-0.05, 0) is 43.2 Å². The molecule has 0 fully saturated rings. The molecule has 154 valence electrons. The molecule has 0 spiro atoms. The van der Waals surface area contributed by atoms with Gasteiger partial charge in [-0.15, -0.1) is 0 Å². The van der Waals surface area contributed by atoms with Gasteiger partial charge in [0.1, 0.15) is 6.54 Å².